The highest BCUT2D eigenvalue weighted by Gasteiger charge is 2.27. The maximum atomic E-state index is 4.26. The maximum absolute atomic E-state index is 4.26. The van der Waals surface area contributed by atoms with Crippen LogP contribution in [0.1, 0.15) is 26.7 Å². The molecule has 4 nitrogen and oxygen atoms in total. The molecule has 17 heavy (non-hydrogen) atoms. The lowest BCUT2D eigenvalue weighted by atomic mass is 10.1. The first-order valence-electron chi connectivity index (χ1n) is 6.20. The molecule has 1 aromatic heterocycles. The molecule has 94 valence electrons. The summed E-state index contributed by atoms with van der Waals surface area (Å²) in [5.74, 6) is 3.36. The Morgan fingerprint density at radius 2 is 2.00 bits per heavy atom. The fourth-order valence-corrected chi connectivity index (χ4v) is 2.36. The monoisotopic (exact) mass is 298 g/mol. The van der Waals surface area contributed by atoms with Crippen molar-refractivity contribution in [1.29, 1.82) is 0 Å². The van der Waals surface area contributed by atoms with Crippen molar-refractivity contribution in [1.82, 2.24) is 9.97 Å². The van der Waals surface area contributed by atoms with Gasteiger partial charge >= 0.3 is 0 Å². The zero-order valence-corrected chi connectivity index (χ0v) is 11.9. The summed E-state index contributed by atoms with van der Waals surface area (Å²) in [7, 11) is 0. The van der Waals surface area contributed by atoms with E-state index in [1.807, 2.05) is 0 Å². The summed E-state index contributed by atoms with van der Waals surface area (Å²) < 4.78 is 0.921. The lowest BCUT2D eigenvalue weighted by molar-refractivity contribution is 0.536. The van der Waals surface area contributed by atoms with Gasteiger partial charge in [-0.05, 0) is 47.5 Å². The van der Waals surface area contributed by atoms with E-state index in [1.54, 1.807) is 6.33 Å². The van der Waals surface area contributed by atoms with Gasteiger partial charge in [0.25, 0.3) is 0 Å². The first kappa shape index (κ1) is 12.6. The van der Waals surface area contributed by atoms with Crippen molar-refractivity contribution < 1.29 is 0 Å². The highest BCUT2D eigenvalue weighted by molar-refractivity contribution is 9.10. The summed E-state index contributed by atoms with van der Waals surface area (Å²) in [6.07, 6.45) is 4.36. The van der Waals surface area contributed by atoms with Gasteiger partial charge in [0.15, 0.2) is 0 Å². The van der Waals surface area contributed by atoms with Gasteiger partial charge in [0.2, 0.25) is 0 Å². The second-order valence-corrected chi connectivity index (χ2v) is 5.40. The van der Waals surface area contributed by atoms with Crippen molar-refractivity contribution in [3.63, 3.8) is 0 Å². The van der Waals surface area contributed by atoms with Crippen molar-refractivity contribution in [2.45, 2.75) is 26.7 Å². The second kappa shape index (κ2) is 5.67. The lowest BCUT2D eigenvalue weighted by Crippen LogP contribution is -2.14. The number of nitrogens with one attached hydrogen (secondary N) is 2. The van der Waals surface area contributed by atoms with Crippen LogP contribution in [-0.4, -0.2) is 23.1 Å². The van der Waals surface area contributed by atoms with Crippen LogP contribution in [0.2, 0.25) is 0 Å². The second-order valence-electron chi connectivity index (χ2n) is 4.61. The molecular formula is C12H19BrN4. The molecule has 0 spiro atoms. The average molecular weight is 299 g/mol. The number of aromatic nitrogens is 2. The molecule has 1 fully saturated rings. The zero-order chi connectivity index (χ0) is 12.3. The van der Waals surface area contributed by atoms with Crippen LogP contribution >= 0.6 is 15.9 Å². The summed E-state index contributed by atoms with van der Waals surface area (Å²) >= 11 is 3.54. The predicted molar refractivity (Wildman–Crippen MR) is 74.3 cm³/mol. The zero-order valence-electron chi connectivity index (χ0n) is 10.3. The third-order valence-corrected chi connectivity index (χ3v) is 3.90. The molecule has 0 amide bonds. The summed E-state index contributed by atoms with van der Waals surface area (Å²) in [6.45, 7) is 6.18. The molecule has 1 aromatic rings. The third kappa shape index (κ3) is 3.31. The normalized spacial score (nSPS) is 16.6. The number of hydrogen-bond acceptors (Lipinski definition) is 4. The van der Waals surface area contributed by atoms with Gasteiger partial charge in [-0.2, -0.15) is 0 Å². The summed E-state index contributed by atoms with van der Waals surface area (Å²) in [5, 5.41) is 6.60. The molecule has 0 aromatic carbocycles. The highest BCUT2D eigenvalue weighted by Crippen LogP contribution is 2.36. The fourth-order valence-electron chi connectivity index (χ4n) is 1.87. The Bertz CT molecular complexity index is 379. The van der Waals surface area contributed by atoms with Crippen molar-refractivity contribution in [2.24, 2.45) is 11.8 Å². The Kier molecular flexibility index (Phi) is 4.20. The minimum Gasteiger partial charge on any atom is -0.369 e. The lowest BCUT2D eigenvalue weighted by Gasteiger charge is -2.14. The molecule has 0 aliphatic heterocycles. The first-order valence-corrected chi connectivity index (χ1v) is 7.00. The maximum Gasteiger partial charge on any atom is 0.145 e. The van der Waals surface area contributed by atoms with Crippen molar-refractivity contribution in [3.8, 4) is 0 Å². The molecular weight excluding hydrogens is 280 g/mol. The average Bonchev–Trinajstić information content (AvgIpc) is 3.14. The SMILES string of the molecule is CCNc1ncnc(NCC(C)C2CC2)c1Br. The van der Waals surface area contributed by atoms with Gasteiger partial charge in [0.05, 0.1) is 0 Å². The Balaban J connectivity index is 1.96. The van der Waals surface area contributed by atoms with E-state index in [0.29, 0.717) is 0 Å². The highest BCUT2D eigenvalue weighted by atomic mass is 79.9. The third-order valence-electron chi connectivity index (χ3n) is 3.15. The molecule has 5 heteroatoms. The molecule has 0 radical (unpaired) electrons. The van der Waals surface area contributed by atoms with Crippen LogP contribution in [0, 0.1) is 11.8 Å². The van der Waals surface area contributed by atoms with Gasteiger partial charge in [-0.25, -0.2) is 9.97 Å². The van der Waals surface area contributed by atoms with Crippen LogP contribution in [0.15, 0.2) is 10.8 Å². The van der Waals surface area contributed by atoms with Gasteiger partial charge in [0.1, 0.15) is 22.4 Å². The van der Waals surface area contributed by atoms with E-state index in [0.717, 1.165) is 41.0 Å². The number of halogens is 1. The molecule has 0 saturated heterocycles. The predicted octanol–water partition coefficient (Wildman–Crippen LogP) is 3.13. The summed E-state index contributed by atoms with van der Waals surface area (Å²) in [4.78, 5) is 8.46. The van der Waals surface area contributed by atoms with Crippen LogP contribution in [-0.2, 0) is 0 Å². The van der Waals surface area contributed by atoms with Crippen LogP contribution < -0.4 is 10.6 Å². The molecule has 1 atom stereocenters. The molecule has 1 heterocycles. The van der Waals surface area contributed by atoms with Crippen LogP contribution in [0.25, 0.3) is 0 Å². The van der Waals surface area contributed by atoms with E-state index in [9.17, 15) is 0 Å². The van der Waals surface area contributed by atoms with Crippen LogP contribution in [0.3, 0.4) is 0 Å². The first-order chi connectivity index (χ1) is 8.22. The standard InChI is InChI=1S/C12H19BrN4/c1-3-14-11-10(13)12(17-7-16-11)15-6-8(2)9-4-5-9/h7-9H,3-6H2,1-2H3,(H2,14,15,16,17). The molecule has 1 unspecified atom stereocenters. The number of hydrogen-bond donors (Lipinski definition) is 2. The smallest absolute Gasteiger partial charge is 0.145 e. The Labute approximate surface area is 111 Å². The van der Waals surface area contributed by atoms with Gasteiger partial charge in [-0.1, -0.05) is 6.92 Å². The largest absolute Gasteiger partial charge is 0.369 e. The fraction of sp³-hybridized carbons (Fsp3) is 0.667. The molecule has 0 bridgehead atoms. The molecule has 2 N–H and O–H groups in total. The van der Waals surface area contributed by atoms with Gasteiger partial charge < -0.3 is 10.6 Å². The van der Waals surface area contributed by atoms with Crippen LogP contribution in [0.5, 0.6) is 0 Å². The quantitative estimate of drug-likeness (QED) is 0.847. The molecule has 1 aliphatic carbocycles. The van der Waals surface area contributed by atoms with Gasteiger partial charge in [-0.3, -0.25) is 0 Å². The van der Waals surface area contributed by atoms with E-state index < -0.39 is 0 Å². The van der Waals surface area contributed by atoms with Gasteiger partial charge in [0, 0.05) is 13.1 Å². The van der Waals surface area contributed by atoms with Crippen LogP contribution in [0.4, 0.5) is 11.6 Å². The number of anilines is 2. The molecule has 1 aliphatic rings. The number of nitrogens with zero attached hydrogens (tertiary/aromatic N) is 2. The Morgan fingerprint density at radius 1 is 1.35 bits per heavy atom. The minimum atomic E-state index is 0.722. The van der Waals surface area contributed by atoms with Gasteiger partial charge in [-0.15, -0.1) is 0 Å². The topological polar surface area (TPSA) is 49.8 Å². The molecule has 2 rings (SSSR count). The minimum absolute atomic E-state index is 0.722. The van der Waals surface area contributed by atoms with E-state index in [-0.39, 0.29) is 0 Å². The molecule has 1 saturated carbocycles. The number of rotatable bonds is 6. The van der Waals surface area contributed by atoms with E-state index >= 15 is 0 Å². The summed E-state index contributed by atoms with van der Waals surface area (Å²) in [5.41, 5.74) is 0. The Morgan fingerprint density at radius 3 is 2.59 bits per heavy atom. The Hall–Kier alpha value is -0.840. The van der Waals surface area contributed by atoms with E-state index in [4.69, 9.17) is 0 Å². The van der Waals surface area contributed by atoms with Crippen molar-refractivity contribution in [3.05, 3.63) is 10.8 Å². The van der Waals surface area contributed by atoms with Crippen molar-refractivity contribution >= 4 is 27.6 Å². The van der Waals surface area contributed by atoms with E-state index in [1.165, 1.54) is 12.8 Å². The van der Waals surface area contributed by atoms with E-state index in [2.05, 4.69) is 50.4 Å². The summed E-state index contributed by atoms with van der Waals surface area (Å²) in [6, 6.07) is 0. The van der Waals surface area contributed by atoms with Crippen molar-refractivity contribution in [2.75, 3.05) is 23.7 Å².